The first-order valence-electron chi connectivity index (χ1n) is 10.1. The van der Waals surface area contributed by atoms with E-state index in [0.717, 1.165) is 11.1 Å². The number of rotatable bonds is 8. The van der Waals surface area contributed by atoms with Gasteiger partial charge >= 0.3 is 5.91 Å². The molecule has 3 rings (SSSR count). The van der Waals surface area contributed by atoms with Gasteiger partial charge in [0.25, 0.3) is 0 Å². The normalized spacial score (nSPS) is 11.3. The smallest absolute Gasteiger partial charge is 0.303 e. The molecule has 0 aliphatic carbocycles. The van der Waals surface area contributed by atoms with E-state index in [0.29, 0.717) is 29.2 Å². The van der Waals surface area contributed by atoms with E-state index in [2.05, 4.69) is 11.2 Å². The average Bonchev–Trinajstić information content (AvgIpc) is 2.81. The summed E-state index contributed by atoms with van der Waals surface area (Å²) in [6.45, 7) is 0.260. The van der Waals surface area contributed by atoms with Crippen LogP contribution in [-0.2, 0) is 22.6 Å². The molecule has 0 radical (unpaired) electrons. The number of anilines is 1. The number of carbonyl (C=O) groups excluding carboxylic acids is 2. The van der Waals surface area contributed by atoms with Gasteiger partial charge in [0.2, 0.25) is 5.91 Å². The van der Waals surface area contributed by atoms with E-state index in [4.69, 9.17) is 18.0 Å². The van der Waals surface area contributed by atoms with E-state index in [1.165, 1.54) is 4.90 Å². The van der Waals surface area contributed by atoms with Crippen LogP contribution in [0, 0.1) is 12.3 Å². The van der Waals surface area contributed by atoms with Crippen LogP contribution in [-0.4, -0.2) is 23.5 Å². The zero-order valence-electron chi connectivity index (χ0n) is 17.4. The van der Waals surface area contributed by atoms with Crippen molar-refractivity contribution in [3.63, 3.8) is 0 Å². The Balaban J connectivity index is 2.05. The topological polar surface area (TPSA) is 69.6 Å². The summed E-state index contributed by atoms with van der Waals surface area (Å²) in [7, 11) is 0. The van der Waals surface area contributed by atoms with E-state index in [1.807, 2.05) is 36.4 Å². The maximum absolute atomic E-state index is 13.5. The quantitative estimate of drug-likeness (QED) is 0.515. The van der Waals surface area contributed by atoms with Crippen molar-refractivity contribution in [1.82, 2.24) is 5.32 Å². The Hall–Kier alpha value is -3.59. The second kappa shape index (κ2) is 11.1. The number of nitrogens with one attached hydrogen (secondary N) is 1. The molecule has 2 amide bonds. The summed E-state index contributed by atoms with van der Waals surface area (Å²) in [4.78, 5) is 27.6. The largest absolute Gasteiger partial charge is 0.396 e. The van der Waals surface area contributed by atoms with Gasteiger partial charge in [-0.15, -0.1) is 6.42 Å². The first kappa shape index (κ1) is 23.1. The highest BCUT2D eigenvalue weighted by Crippen LogP contribution is 2.30. The molecule has 0 fully saturated rings. The van der Waals surface area contributed by atoms with Crippen molar-refractivity contribution < 1.29 is 14.7 Å². The molecule has 6 heteroatoms. The fourth-order valence-corrected chi connectivity index (χ4v) is 3.61. The minimum Gasteiger partial charge on any atom is -0.396 e. The summed E-state index contributed by atoms with van der Waals surface area (Å²) in [6.07, 6.45) is 5.89. The molecule has 3 aromatic carbocycles. The molecule has 1 unspecified atom stereocenters. The summed E-state index contributed by atoms with van der Waals surface area (Å²) in [5.74, 6) is 1.07. The fourth-order valence-electron chi connectivity index (χ4n) is 3.43. The zero-order chi connectivity index (χ0) is 22.9. The predicted octanol–water partition coefficient (Wildman–Crippen LogP) is 3.90. The maximum Gasteiger partial charge on any atom is 0.303 e. The van der Waals surface area contributed by atoms with E-state index in [1.54, 1.807) is 42.5 Å². The Kier molecular flexibility index (Phi) is 8.04. The minimum absolute atomic E-state index is 0.0321. The molecule has 0 aliphatic rings. The van der Waals surface area contributed by atoms with Crippen LogP contribution in [0.2, 0.25) is 5.02 Å². The molecule has 0 aliphatic heterocycles. The summed E-state index contributed by atoms with van der Waals surface area (Å²) in [5, 5.41) is 12.6. The standard InChI is InChI=1S/C26H23ClN2O3/c1-2-24(31)29(23-13-7-12-22(27)17-23)25(21-11-6-10-19(16-21)14-15-30)26(32)28-18-20-8-4-3-5-9-20/h1,3-13,16-17,25,30H,14-15,18H2,(H,28,32). The molecular formula is C26H23ClN2O3. The molecule has 1 atom stereocenters. The molecule has 2 N–H and O–H groups in total. The summed E-state index contributed by atoms with van der Waals surface area (Å²) >= 11 is 6.16. The average molecular weight is 447 g/mol. The van der Waals surface area contributed by atoms with Gasteiger partial charge in [-0.1, -0.05) is 72.3 Å². The number of hydrogen-bond acceptors (Lipinski definition) is 3. The number of aliphatic hydroxyl groups excluding tert-OH is 1. The third kappa shape index (κ3) is 5.76. The second-order valence-corrected chi connectivity index (χ2v) is 7.56. The van der Waals surface area contributed by atoms with E-state index in [9.17, 15) is 14.7 Å². The molecule has 5 nitrogen and oxygen atoms in total. The highest BCUT2D eigenvalue weighted by atomic mass is 35.5. The number of terminal acetylenes is 1. The summed E-state index contributed by atoms with van der Waals surface area (Å²) < 4.78 is 0. The minimum atomic E-state index is -1.03. The maximum atomic E-state index is 13.5. The SMILES string of the molecule is C#CC(=O)N(c1cccc(Cl)c1)C(C(=O)NCc1ccccc1)c1cccc(CCO)c1. The van der Waals surface area contributed by atoms with Crippen LogP contribution in [0.25, 0.3) is 0 Å². The first-order chi connectivity index (χ1) is 15.5. The van der Waals surface area contributed by atoms with Crippen molar-refractivity contribution >= 4 is 29.1 Å². The van der Waals surface area contributed by atoms with Gasteiger partial charge in [-0.3, -0.25) is 14.5 Å². The second-order valence-electron chi connectivity index (χ2n) is 7.12. The van der Waals surface area contributed by atoms with Crippen LogP contribution in [0.3, 0.4) is 0 Å². The molecule has 0 saturated carbocycles. The number of halogens is 1. The van der Waals surface area contributed by atoms with Gasteiger partial charge in [-0.25, -0.2) is 0 Å². The monoisotopic (exact) mass is 446 g/mol. The number of nitrogens with zero attached hydrogens (tertiary/aromatic N) is 1. The number of carbonyl (C=O) groups is 2. The van der Waals surface area contributed by atoms with Gasteiger partial charge < -0.3 is 10.4 Å². The zero-order valence-corrected chi connectivity index (χ0v) is 18.1. The van der Waals surface area contributed by atoms with Gasteiger partial charge in [-0.05, 0) is 47.2 Å². The first-order valence-corrected chi connectivity index (χ1v) is 10.5. The van der Waals surface area contributed by atoms with Crippen molar-refractivity contribution in [2.75, 3.05) is 11.5 Å². The Bertz CT molecular complexity index is 1130. The van der Waals surface area contributed by atoms with Crippen molar-refractivity contribution in [2.45, 2.75) is 19.0 Å². The van der Waals surface area contributed by atoms with E-state index >= 15 is 0 Å². The molecule has 0 aromatic heterocycles. The van der Waals surface area contributed by atoms with Crippen molar-refractivity contribution in [1.29, 1.82) is 0 Å². The number of aliphatic hydroxyl groups is 1. The van der Waals surface area contributed by atoms with Crippen molar-refractivity contribution in [3.05, 3.63) is 101 Å². The highest BCUT2D eigenvalue weighted by molar-refractivity contribution is 6.31. The predicted molar refractivity (Wildman–Crippen MR) is 126 cm³/mol. The van der Waals surface area contributed by atoms with Gasteiger partial charge in [0.15, 0.2) is 0 Å². The lowest BCUT2D eigenvalue weighted by molar-refractivity contribution is -0.125. The molecule has 0 bridgehead atoms. The molecule has 32 heavy (non-hydrogen) atoms. The van der Waals surface area contributed by atoms with Gasteiger partial charge in [0.1, 0.15) is 6.04 Å². The Morgan fingerprint density at radius 3 is 2.41 bits per heavy atom. The third-order valence-corrected chi connectivity index (χ3v) is 5.15. The Morgan fingerprint density at radius 2 is 1.72 bits per heavy atom. The fraction of sp³-hybridized carbons (Fsp3) is 0.154. The molecule has 0 saturated heterocycles. The molecular weight excluding hydrogens is 424 g/mol. The number of amides is 2. The lowest BCUT2D eigenvalue weighted by Gasteiger charge is -2.30. The lowest BCUT2D eigenvalue weighted by atomic mass is 9.99. The van der Waals surface area contributed by atoms with Crippen LogP contribution in [0.1, 0.15) is 22.7 Å². The molecule has 0 heterocycles. The van der Waals surface area contributed by atoms with Crippen LogP contribution in [0.15, 0.2) is 78.9 Å². The van der Waals surface area contributed by atoms with E-state index in [-0.39, 0.29) is 6.61 Å². The third-order valence-electron chi connectivity index (χ3n) is 4.91. The van der Waals surface area contributed by atoms with Gasteiger partial charge in [-0.2, -0.15) is 0 Å². The number of hydrogen-bond donors (Lipinski definition) is 2. The van der Waals surface area contributed by atoms with Crippen LogP contribution < -0.4 is 10.2 Å². The van der Waals surface area contributed by atoms with Crippen molar-refractivity contribution in [3.8, 4) is 12.3 Å². The number of benzene rings is 3. The summed E-state index contributed by atoms with van der Waals surface area (Å²) in [6, 6.07) is 22.3. The lowest BCUT2D eigenvalue weighted by Crippen LogP contribution is -2.43. The van der Waals surface area contributed by atoms with Gasteiger partial charge in [0, 0.05) is 23.9 Å². The molecule has 162 valence electrons. The Morgan fingerprint density at radius 1 is 1.00 bits per heavy atom. The molecule has 0 spiro atoms. The van der Waals surface area contributed by atoms with Gasteiger partial charge in [0.05, 0.1) is 0 Å². The van der Waals surface area contributed by atoms with Crippen LogP contribution >= 0.6 is 11.6 Å². The summed E-state index contributed by atoms with van der Waals surface area (Å²) in [5.41, 5.74) is 2.74. The Labute approximate surface area is 192 Å². The molecule has 3 aromatic rings. The van der Waals surface area contributed by atoms with E-state index < -0.39 is 17.9 Å². The van der Waals surface area contributed by atoms with Crippen LogP contribution in [0.5, 0.6) is 0 Å². The van der Waals surface area contributed by atoms with Crippen molar-refractivity contribution in [2.24, 2.45) is 0 Å². The highest BCUT2D eigenvalue weighted by Gasteiger charge is 2.32. The van der Waals surface area contributed by atoms with Crippen LogP contribution in [0.4, 0.5) is 5.69 Å².